The predicted octanol–water partition coefficient (Wildman–Crippen LogP) is 2.37. The third kappa shape index (κ3) is 6.81. The highest BCUT2D eigenvalue weighted by atomic mass is 35.5. The second-order valence-electron chi connectivity index (χ2n) is 5.60. The van der Waals surface area contributed by atoms with Crippen LogP contribution in [-0.4, -0.2) is 67.9 Å². The van der Waals surface area contributed by atoms with E-state index in [1.807, 2.05) is 0 Å². The van der Waals surface area contributed by atoms with Gasteiger partial charge in [0.05, 0.1) is 33.8 Å². The molecule has 25 heavy (non-hydrogen) atoms. The quantitative estimate of drug-likeness (QED) is 0.705. The average molecular weight is 430 g/mol. The van der Waals surface area contributed by atoms with Crippen molar-refractivity contribution in [1.82, 2.24) is 15.1 Å². The van der Waals surface area contributed by atoms with E-state index in [-0.39, 0.29) is 37.3 Å². The molecule has 1 saturated heterocycles. The van der Waals surface area contributed by atoms with Gasteiger partial charge in [0.25, 0.3) is 0 Å². The maximum Gasteiger partial charge on any atom is 0.238 e. The van der Waals surface area contributed by atoms with E-state index in [2.05, 4.69) is 10.6 Å². The first-order valence-electron chi connectivity index (χ1n) is 7.48. The van der Waals surface area contributed by atoms with E-state index in [9.17, 15) is 9.59 Å². The van der Waals surface area contributed by atoms with Crippen molar-refractivity contribution in [3.63, 3.8) is 0 Å². The maximum atomic E-state index is 12.2. The average Bonchev–Trinajstić information content (AvgIpc) is 2.53. The molecule has 1 aromatic rings. The summed E-state index contributed by atoms with van der Waals surface area (Å²) in [5.41, 5.74) is 0.387. The molecule has 2 amide bonds. The molecule has 1 aliphatic heterocycles. The Morgan fingerprint density at radius 3 is 2.36 bits per heavy atom. The molecule has 0 radical (unpaired) electrons. The number of rotatable bonds is 5. The molecule has 0 spiro atoms. The second kappa shape index (κ2) is 10.4. The van der Waals surface area contributed by atoms with Crippen molar-refractivity contribution in [2.75, 3.05) is 51.6 Å². The van der Waals surface area contributed by atoms with Crippen molar-refractivity contribution in [2.24, 2.45) is 0 Å². The van der Waals surface area contributed by atoms with Crippen LogP contribution in [0.5, 0.6) is 0 Å². The standard InChI is InChI=1S/C15H19Cl3N4O2.ClH/c1-21(9-15(24)22-4-2-19-3-5-22)8-14(23)20-13-7-11(17)10(16)6-12(13)18;/h6-7,19H,2-5,8-9H2,1H3,(H,20,23);1H. The highest BCUT2D eigenvalue weighted by Crippen LogP contribution is 2.32. The number of likely N-dealkylation sites (N-methyl/N-ethyl adjacent to an activating group) is 1. The highest BCUT2D eigenvalue weighted by molar-refractivity contribution is 6.44. The minimum absolute atomic E-state index is 0. The molecule has 140 valence electrons. The lowest BCUT2D eigenvalue weighted by Gasteiger charge is -2.29. The van der Waals surface area contributed by atoms with Crippen molar-refractivity contribution in [1.29, 1.82) is 0 Å². The Bertz CT molecular complexity index is 624. The van der Waals surface area contributed by atoms with E-state index < -0.39 is 0 Å². The minimum atomic E-state index is -0.286. The fraction of sp³-hybridized carbons (Fsp3) is 0.467. The van der Waals surface area contributed by atoms with Crippen molar-refractivity contribution in [3.05, 3.63) is 27.2 Å². The topological polar surface area (TPSA) is 64.7 Å². The summed E-state index contributed by atoms with van der Waals surface area (Å²) >= 11 is 17.8. The summed E-state index contributed by atoms with van der Waals surface area (Å²) in [7, 11) is 1.72. The van der Waals surface area contributed by atoms with Crippen LogP contribution < -0.4 is 10.6 Å². The molecule has 0 aliphatic carbocycles. The zero-order valence-electron chi connectivity index (χ0n) is 13.7. The maximum absolute atomic E-state index is 12.2. The summed E-state index contributed by atoms with van der Waals surface area (Å²) in [6.07, 6.45) is 0. The molecule has 0 saturated carbocycles. The van der Waals surface area contributed by atoms with Crippen LogP contribution in [-0.2, 0) is 9.59 Å². The molecular weight excluding hydrogens is 410 g/mol. The Kier molecular flexibility index (Phi) is 9.27. The van der Waals surface area contributed by atoms with E-state index in [4.69, 9.17) is 34.8 Å². The summed E-state index contributed by atoms with van der Waals surface area (Å²) in [5.74, 6) is -0.273. The van der Waals surface area contributed by atoms with Gasteiger partial charge in [-0.05, 0) is 19.2 Å². The van der Waals surface area contributed by atoms with Crippen molar-refractivity contribution >= 4 is 64.7 Å². The van der Waals surface area contributed by atoms with Gasteiger partial charge in [-0.2, -0.15) is 0 Å². The molecule has 2 rings (SSSR count). The molecule has 1 aliphatic rings. The lowest BCUT2D eigenvalue weighted by atomic mass is 10.3. The third-order valence-corrected chi connectivity index (χ3v) is 4.61. The van der Waals surface area contributed by atoms with Crippen LogP contribution in [0.25, 0.3) is 0 Å². The van der Waals surface area contributed by atoms with Crippen molar-refractivity contribution in [3.8, 4) is 0 Å². The van der Waals surface area contributed by atoms with E-state index in [1.165, 1.54) is 12.1 Å². The van der Waals surface area contributed by atoms with E-state index >= 15 is 0 Å². The number of carbonyl (C=O) groups is 2. The Labute approximate surface area is 168 Å². The monoisotopic (exact) mass is 428 g/mol. The third-order valence-electron chi connectivity index (χ3n) is 3.57. The van der Waals surface area contributed by atoms with Gasteiger partial charge in [0, 0.05) is 26.2 Å². The highest BCUT2D eigenvalue weighted by Gasteiger charge is 2.19. The van der Waals surface area contributed by atoms with Gasteiger partial charge in [0.2, 0.25) is 11.8 Å². The molecule has 1 aromatic carbocycles. The molecule has 2 N–H and O–H groups in total. The summed E-state index contributed by atoms with van der Waals surface area (Å²) in [6, 6.07) is 2.97. The number of nitrogens with zero attached hydrogens (tertiary/aromatic N) is 2. The SMILES string of the molecule is CN(CC(=O)Nc1cc(Cl)c(Cl)cc1Cl)CC(=O)N1CCNCC1.Cl. The summed E-state index contributed by atoms with van der Waals surface area (Å²) in [4.78, 5) is 27.7. The van der Waals surface area contributed by atoms with Gasteiger partial charge in [-0.1, -0.05) is 34.8 Å². The number of halogens is 4. The smallest absolute Gasteiger partial charge is 0.238 e. The summed E-state index contributed by atoms with van der Waals surface area (Å²) in [6.45, 7) is 3.23. The van der Waals surface area contributed by atoms with Crippen LogP contribution in [0.2, 0.25) is 15.1 Å². The van der Waals surface area contributed by atoms with Crippen LogP contribution in [0.3, 0.4) is 0 Å². The lowest BCUT2D eigenvalue weighted by molar-refractivity contribution is -0.133. The fourth-order valence-electron chi connectivity index (χ4n) is 2.35. The second-order valence-corrected chi connectivity index (χ2v) is 6.82. The number of anilines is 1. The van der Waals surface area contributed by atoms with E-state index in [0.29, 0.717) is 33.8 Å². The van der Waals surface area contributed by atoms with E-state index in [0.717, 1.165) is 13.1 Å². The Hall–Kier alpha value is -0.760. The number of benzene rings is 1. The summed E-state index contributed by atoms with van der Waals surface area (Å²) < 4.78 is 0. The van der Waals surface area contributed by atoms with Gasteiger partial charge in [0.1, 0.15) is 0 Å². The number of hydrogen-bond donors (Lipinski definition) is 2. The number of piperazine rings is 1. The van der Waals surface area contributed by atoms with Gasteiger partial charge >= 0.3 is 0 Å². The number of nitrogens with one attached hydrogen (secondary N) is 2. The number of amides is 2. The van der Waals surface area contributed by atoms with Gasteiger partial charge < -0.3 is 15.5 Å². The first kappa shape index (κ1) is 22.3. The molecule has 0 atom stereocenters. The largest absolute Gasteiger partial charge is 0.339 e. The lowest BCUT2D eigenvalue weighted by Crippen LogP contribution is -2.49. The van der Waals surface area contributed by atoms with Gasteiger partial charge in [-0.15, -0.1) is 12.4 Å². The minimum Gasteiger partial charge on any atom is -0.339 e. The predicted molar refractivity (Wildman–Crippen MR) is 104 cm³/mol. The molecule has 0 bridgehead atoms. The Morgan fingerprint density at radius 2 is 1.72 bits per heavy atom. The first-order valence-corrected chi connectivity index (χ1v) is 8.61. The van der Waals surface area contributed by atoms with Gasteiger partial charge in [0.15, 0.2) is 0 Å². The number of hydrogen-bond acceptors (Lipinski definition) is 4. The molecule has 0 aromatic heterocycles. The van der Waals surface area contributed by atoms with Crippen LogP contribution in [0.4, 0.5) is 5.69 Å². The first-order chi connectivity index (χ1) is 11.4. The van der Waals surface area contributed by atoms with Crippen LogP contribution in [0.1, 0.15) is 0 Å². The van der Waals surface area contributed by atoms with Crippen molar-refractivity contribution in [2.45, 2.75) is 0 Å². The molecule has 6 nitrogen and oxygen atoms in total. The number of carbonyl (C=O) groups excluding carboxylic acids is 2. The van der Waals surface area contributed by atoms with Gasteiger partial charge in [-0.25, -0.2) is 0 Å². The van der Waals surface area contributed by atoms with Gasteiger partial charge in [-0.3, -0.25) is 14.5 Å². The molecule has 1 heterocycles. The molecule has 10 heteroatoms. The van der Waals surface area contributed by atoms with Crippen LogP contribution in [0.15, 0.2) is 12.1 Å². The van der Waals surface area contributed by atoms with Crippen LogP contribution >= 0.6 is 47.2 Å². The normalized spacial score (nSPS) is 14.2. The fourth-order valence-corrected chi connectivity index (χ4v) is 2.95. The van der Waals surface area contributed by atoms with Crippen LogP contribution in [0, 0.1) is 0 Å². The molecule has 1 fully saturated rings. The zero-order chi connectivity index (χ0) is 17.7. The zero-order valence-corrected chi connectivity index (χ0v) is 16.7. The van der Waals surface area contributed by atoms with E-state index in [1.54, 1.807) is 16.8 Å². The summed E-state index contributed by atoms with van der Waals surface area (Å²) in [5, 5.41) is 6.79. The molecular formula is C15H20Cl4N4O2. The Balaban J connectivity index is 0.00000312. The molecule has 0 unspecified atom stereocenters. The van der Waals surface area contributed by atoms with Crippen molar-refractivity contribution < 1.29 is 9.59 Å². The Morgan fingerprint density at radius 1 is 1.12 bits per heavy atom.